The zero-order valence-corrected chi connectivity index (χ0v) is 15.6. The molecule has 3 rings (SSSR count). The van der Waals surface area contributed by atoms with Crippen LogP contribution in [0.25, 0.3) is 6.08 Å². The first-order chi connectivity index (χ1) is 12.5. The lowest BCUT2D eigenvalue weighted by Gasteiger charge is -2.13. The number of hydrogen-bond donors (Lipinski definition) is 2. The normalized spacial score (nSPS) is 17.9. The van der Waals surface area contributed by atoms with Gasteiger partial charge in [-0.25, -0.2) is 4.39 Å². The van der Waals surface area contributed by atoms with Crippen molar-refractivity contribution >= 4 is 41.0 Å². The molecule has 0 spiro atoms. The van der Waals surface area contributed by atoms with E-state index in [0.29, 0.717) is 32.7 Å². The number of hydrogen-bond acceptors (Lipinski definition) is 5. The van der Waals surface area contributed by atoms with Crippen molar-refractivity contribution in [3.8, 4) is 11.5 Å². The van der Waals surface area contributed by atoms with Gasteiger partial charge in [-0.2, -0.15) is 0 Å². The summed E-state index contributed by atoms with van der Waals surface area (Å²) in [6.07, 6.45) is 1.66. The number of methoxy groups -OCH3 is 2. The van der Waals surface area contributed by atoms with Crippen LogP contribution in [0.5, 0.6) is 11.5 Å². The highest BCUT2D eigenvalue weighted by Gasteiger charge is 2.28. The zero-order valence-electron chi connectivity index (χ0n) is 14.0. The molecule has 5 nitrogen and oxygen atoms in total. The van der Waals surface area contributed by atoms with Gasteiger partial charge in [-0.1, -0.05) is 35.5 Å². The summed E-state index contributed by atoms with van der Waals surface area (Å²) in [7, 11) is 3.04. The van der Waals surface area contributed by atoms with Crippen molar-refractivity contribution < 1.29 is 18.7 Å². The zero-order chi connectivity index (χ0) is 18.7. The largest absolute Gasteiger partial charge is 0.493 e. The Hall–Kier alpha value is -2.38. The molecule has 1 unspecified atom stereocenters. The number of carbonyl (C=O) groups is 1. The summed E-state index contributed by atoms with van der Waals surface area (Å²) in [5.41, 5.74) is 0.453. The van der Waals surface area contributed by atoms with Gasteiger partial charge in [0.15, 0.2) is 17.0 Å². The highest BCUT2D eigenvalue weighted by molar-refractivity contribution is 8.05. The number of rotatable bonds is 5. The number of ether oxygens (including phenoxy) is 2. The van der Waals surface area contributed by atoms with Gasteiger partial charge < -0.3 is 20.1 Å². The maximum absolute atomic E-state index is 13.7. The van der Waals surface area contributed by atoms with E-state index in [0.717, 1.165) is 0 Å². The molecule has 1 aliphatic heterocycles. The molecule has 0 saturated carbocycles. The van der Waals surface area contributed by atoms with Crippen LogP contribution in [0.15, 0.2) is 41.3 Å². The fraction of sp³-hybridized carbons (Fsp3) is 0.167. The smallest absolute Gasteiger partial charge is 0.260 e. The molecule has 1 amide bonds. The van der Waals surface area contributed by atoms with E-state index in [1.54, 1.807) is 36.4 Å². The molecule has 1 saturated heterocycles. The minimum absolute atomic E-state index is 0.269. The molecule has 0 aromatic heterocycles. The lowest BCUT2D eigenvalue weighted by molar-refractivity contribution is -0.116. The maximum atomic E-state index is 13.7. The average Bonchev–Trinajstić information content (AvgIpc) is 2.97. The van der Waals surface area contributed by atoms with E-state index in [2.05, 4.69) is 10.6 Å². The molecule has 136 valence electrons. The minimum Gasteiger partial charge on any atom is -0.493 e. The van der Waals surface area contributed by atoms with Crippen LogP contribution in [-0.4, -0.2) is 25.6 Å². The number of para-hydroxylation sites is 1. The summed E-state index contributed by atoms with van der Waals surface area (Å²) in [5.74, 6) is 0.355. The Bertz CT molecular complexity index is 876. The SMILES string of the molecule is COc1cc(Cl)c(/C=C2\SC(Nc3ccccc3F)NC2=O)cc1OC. The van der Waals surface area contributed by atoms with Crippen LogP contribution in [0.4, 0.5) is 10.1 Å². The van der Waals surface area contributed by atoms with Crippen molar-refractivity contribution in [1.29, 1.82) is 0 Å². The van der Waals surface area contributed by atoms with Gasteiger partial charge in [0.05, 0.1) is 29.8 Å². The molecule has 2 aromatic rings. The van der Waals surface area contributed by atoms with Gasteiger partial charge in [0.2, 0.25) is 0 Å². The second kappa shape index (κ2) is 7.88. The fourth-order valence-corrected chi connectivity index (χ4v) is 3.58. The molecule has 1 fully saturated rings. The van der Waals surface area contributed by atoms with E-state index in [4.69, 9.17) is 21.1 Å². The van der Waals surface area contributed by atoms with E-state index in [1.165, 1.54) is 32.0 Å². The molecule has 0 bridgehead atoms. The van der Waals surface area contributed by atoms with E-state index in [9.17, 15) is 9.18 Å². The predicted octanol–water partition coefficient (Wildman–Crippen LogP) is 4.10. The van der Waals surface area contributed by atoms with E-state index < -0.39 is 5.50 Å². The first kappa shape index (κ1) is 18.4. The first-order valence-electron chi connectivity index (χ1n) is 7.63. The number of benzene rings is 2. The molecular weight excluding hydrogens is 379 g/mol. The van der Waals surface area contributed by atoms with Crippen molar-refractivity contribution in [1.82, 2.24) is 5.32 Å². The van der Waals surface area contributed by atoms with Crippen LogP contribution in [0.2, 0.25) is 5.02 Å². The lowest BCUT2D eigenvalue weighted by atomic mass is 10.2. The summed E-state index contributed by atoms with van der Waals surface area (Å²) in [6.45, 7) is 0. The Morgan fingerprint density at radius 3 is 2.62 bits per heavy atom. The number of carbonyl (C=O) groups excluding carboxylic acids is 1. The maximum Gasteiger partial charge on any atom is 0.260 e. The summed E-state index contributed by atoms with van der Waals surface area (Å²) >= 11 is 7.51. The molecule has 1 aliphatic rings. The van der Waals surface area contributed by atoms with Crippen LogP contribution >= 0.6 is 23.4 Å². The van der Waals surface area contributed by atoms with Crippen LogP contribution in [0, 0.1) is 5.82 Å². The van der Waals surface area contributed by atoms with Gasteiger partial charge in [-0.3, -0.25) is 4.79 Å². The number of thioether (sulfide) groups is 1. The van der Waals surface area contributed by atoms with Gasteiger partial charge >= 0.3 is 0 Å². The van der Waals surface area contributed by atoms with E-state index in [1.807, 2.05) is 0 Å². The third-order valence-corrected chi connectivity index (χ3v) is 5.04. The quantitative estimate of drug-likeness (QED) is 0.748. The van der Waals surface area contributed by atoms with Gasteiger partial charge in [0.1, 0.15) is 5.82 Å². The van der Waals surface area contributed by atoms with Crippen LogP contribution in [0.3, 0.4) is 0 Å². The van der Waals surface area contributed by atoms with Crippen LogP contribution in [-0.2, 0) is 4.79 Å². The van der Waals surface area contributed by atoms with Gasteiger partial charge in [-0.15, -0.1) is 0 Å². The lowest BCUT2D eigenvalue weighted by Crippen LogP contribution is -2.31. The average molecular weight is 395 g/mol. The molecule has 26 heavy (non-hydrogen) atoms. The Morgan fingerprint density at radius 1 is 1.23 bits per heavy atom. The molecule has 2 aromatic carbocycles. The van der Waals surface area contributed by atoms with E-state index in [-0.39, 0.29) is 11.7 Å². The third kappa shape index (κ3) is 3.89. The monoisotopic (exact) mass is 394 g/mol. The molecule has 8 heteroatoms. The number of halogens is 2. The number of anilines is 1. The highest BCUT2D eigenvalue weighted by atomic mass is 35.5. The van der Waals surface area contributed by atoms with Gasteiger partial charge in [-0.05, 0) is 29.8 Å². The Kier molecular flexibility index (Phi) is 5.58. The minimum atomic E-state index is -0.482. The van der Waals surface area contributed by atoms with Crippen molar-refractivity contribution in [2.45, 2.75) is 5.50 Å². The summed E-state index contributed by atoms with van der Waals surface area (Å²) in [6, 6.07) is 9.59. The van der Waals surface area contributed by atoms with Crippen molar-refractivity contribution in [2.75, 3.05) is 19.5 Å². The summed E-state index contributed by atoms with van der Waals surface area (Å²) in [5, 5.41) is 6.12. The van der Waals surface area contributed by atoms with Crippen molar-refractivity contribution in [3.05, 3.63) is 57.7 Å². The van der Waals surface area contributed by atoms with Gasteiger partial charge in [0.25, 0.3) is 5.91 Å². The summed E-state index contributed by atoms with van der Waals surface area (Å²) in [4.78, 5) is 12.7. The molecule has 0 radical (unpaired) electrons. The van der Waals surface area contributed by atoms with Crippen LogP contribution in [0.1, 0.15) is 5.56 Å². The summed E-state index contributed by atoms with van der Waals surface area (Å²) < 4.78 is 24.2. The Morgan fingerprint density at radius 2 is 1.92 bits per heavy atom. The molecule has 1 heterocycles. The molecule has 0 aliphatic carbocycles. The topological polar surface area (TPSA) is 59.6 Å². The molecular formula is C18H16ClFN2O3S. The predicted molar refractivity (Wildman–Crippen MR) is 102 cm³/mol. The number of amides is 1. The van der Waals surface area contributed by atoms with Crippen molar-refractivity contribution in [3.63, 3.8) is 0 Å². The van der Waals surface area contributed by atoms with E-state index >= 15 is 0 Å². The third-order valence-electron chi connectivity index (χ3n) is 3.68. The molecule has 2 N–H and O–H groups in total. The molecule has 1 atom stereocenters. The first-order valence-corrected chi connectivity index (χ1v) is 8.89. The second-order valence-corrected chi connectivity index (χ2v) is 6.89. The Balaban J connectivity index is 1.82. The Labute approximate surface area is 159 Å². The standard InChI is InChI=1S/C18H16ClFN2O3S/c1-24-14-7-10(11(19)9-15(14)25-2)8-16-17(23)22-18(26-16)21-13-6-4-3-5-12(13)20/h3-9,18,21H,1-2H3,(H,22,23)/b16-8-. The second-order valence-electron chi connectivity index (χ2n) is 5.33. The highest BCUT2D eigenvalue weighted by Crippen LogP contribution is 2.37. The van der Waals surface area contributed by atoms with Gasteiger partial charge in [0, 0.05) is 6.07 Å². The number of nitrogens with one attached hydrogen (secondary N) is 2. The van der Waals surface area contributed by atoms with Crippen LogP contribution < -0.4 is 20.1 Å². The fourth-order valence-electron chi connectivity index (χ4n) is 2.41. The van der Waals surface area contributed by atoms with Crippen molar-refractivity contribution in [2.24, 2.45) is 0 Å².